The Labute approximate surface area is 152 Å². The molecule has 140 valence electrons. The number of rotatable bonds is 9. The van der Waals surface area contributed by atoms with Crippen molar-refractivity contribution < 1.29 is 30.0 Å². The molecule has 6 heteroatoms. The minimum Gasteiger partial charge on any atom is -0.504 e. The first-order valence-corrected chi connectivity index (χ1v) is 8.52. The normalized spacial score (nSPS) is 10.7. The van der Waals surface area contributed by atoms with Gasteiger partial charge in [-0.25, -0.2) is 0 Å². The van der Waals surface area contributed by atoms with Crippen molar-refractivity contribution in [3.05, 3.63) is 41.5 Å². The molecule has 0 aliphatic carbocycles. The summed E-state index contributed by atoms with van der Waals surface area (Å²) in [5.41, 5.74) is 1.64. The predicted molar refractivity (Wildman–Crippen MR) is 97.0 cm³/mol. The van der Waals surface area contributed by atoms with E-state index in [1.165, 1.54) is 25.3 Å². The summed E-state index contributed by atoms with van der Waals surface area (Å²) in [6.07, 6.45) is 3.56. The van der Waals surface area contributed by atoms with E-state index in [9.17, 15) is 25.2 Å². The van der Waals surface area contributed by atoms with E-state index in [0.717, 1.165) is 30.4 Å². The average Bonchev–Trinajstić information content (AvgIpc) is 2.62. The van der Waals surface area contributed by atoms with Crippen LogP contribution in [0.15, 0.2) is 30.3 Å². The zero-order valence-electron chi connectivity index (χ0n) is 14.7. The lowest BCUT2D eigenvalue weighted by Crippen LogP contribution is -2.01. The Morgan fingerprint density at radius 3 is 2.27 bits per heavy atom. The van der Waals surface area contributed by atoms with Crippen LogP contribution in [-0.2, 0) is 17.6 Å². The first-order chi connectivity index (χ1) is 12.4. The lowest BCUT2D eigenvalue weighted by atomic mass is 10.0. The molecule has 0 radical (unpaired) electrons. The molecule has 0 saturated carbocycles. The van der Waals surface area contributed by atoms with Crippen LogP contribution in [0, 0.1) is 0 Å². The van der Waals surface area contributed by atoms with Gasteiger partial charge >= 0.3 is 0 Å². The van der Waals surface area contributed by atoms with Crippen molar-refractivity contribution in [3.8, 4) is 28.7 Å². The highest BCUT2D eigenvalue weighted by molar-refractivity contribution is 5.78. The lowest BCUT2D eigenvalue weighted by molar-refractivity contribution is -0.119. The van der Waals surface area contributed by atoms with Crippen LogP contribution < -0.4 is 4.74 Å². The van der Waals surface area contributed by atoms with E-state index in [-0.39, 0.29) is 34.5 Å². The number of Topliss-reactive ketones (excluding diaryl/α,β-unsaturated/α-hetero) is 1. The Bertz CT molecular complexity index is 769. The molecule has 2 rings (SSSR count). The molecule has 2 aromatic rings. The molecule has 0 bridgehead atoms. The summed E-state index contributed by atoms with van der Waals surface area (Å²) in [7, 11) is 1.40. The molecule has 0 saturated heterocycles. The molecular formula is C20H24O6. The van der Waals surface area contributed by atoms with Gasteiger partial charge in [0.2, 0.25) is 5.75 Å². The second kappa shape index (κ2) is 8.99. The monoisotopic (exact) mass is 360 g/mol. The number of methoxy groups -OCH3 is 1. The van der Waals surface area contributed by atoms with Crippen LogP contribution in [0.5, 0.6) is 28.7 Å². The molecule has 0 fully saturated rings. The van der Waals surface area contributed by atoms with Crippen molar-refractivity contribution in [1.29, 1.82) is 0 Å². The van der Waals surface area contributed by atoms with Gasteiger partial charge in [-0.1, -0.05) is 6.07 Å². The lowest BCUT2D eigenvalue weighted by Gasteiger charge is -2.08. The first-order valence-electron chi connectivity index (χ1n) is 8.52. The zero-order valence-corrected chi connectivity index (χ0v) is 14.7. The molecule has 0 heterocycles. The van der Waals surface area contributed by atoms with E-state index >= 15 is 0 Å². The summed E-state index contributed by atoms with van der Waals surface area (Å²) < 4.78 is 4.98. The van der Waals surface area contributed by atoms with Crippen LogP contribution in [0.1, 0.15) is 36.8 Å². The maximum Gasteiger partial charge on any atom is 0.200 e. The summed E-state index contributed by atoms with van der Waals surface area (Å²) in [5, 5.41) is 38.0. The minimum atomic E-state index is -0.303. The van der Waals surface area contributed by atoms with Gasteiger partial charge in [0.1, 0.15) is 5.78 Å². The largest absolute Gasteiger partial charge is 0.504 e. The Morgan fingerprint density at radius 1 is 0.846 bits per heavy atom. The fourth-order valence-corrected chi connectivity index (χ4v) is 2.73. The number of aryl methyl sites for hydroxylation is 2. The van der Waals surface area contributed by atoms with Gasteiger partial charge < -0.3 is 25.2 Å². The SMILES string of the molecule is COc1cc(CCC(=O)CCCCc2ccc(O)c(O)c2)cc(O)c1O. The number of hydrogen-bond donors (Lipinski definition) is 4. The molecule has 0 aliphatic heterocycles. The van der Waals surface area contributed by atoms with Gasteiger partial charge in [0.15, 0.2) is 23.0 Å². The summed E-state index contributed by atoms with van der Waals surface area (Å²) >= 11 is 0. The van der Waals surface area contributed by atoms with Crippen LogP contribution in [-0.4, -0.2) is 33.3 Å². The topological polar surface area (TPSA) is 107 Å². The zero-order chi connectivity index (χ0) is 19.1. The Balaban J connectivity index is 1.74. The number of benzene rings is 2. The van der Waals surface area contributed by atoms with Gasteiger partial charge in [-0.2, -0.15) is 0 Å². The number of unbranched alkanes of at least 4 members (excludes halogenated alkanes) is 1. The van der Waals surface area contributed by atoms with Crippen LogP contribution >= 0.6 is 0 Å². The molecule has 2 aromatic carbocycles. The number of phenolic OH excluding ortho intramolecular Hbond substituents is 4. The first kappa shape index (κ1) is 19.4. The molecule has 0 spiro atoms. The number of hydrogen-bond acceptors (Lipinski definition) is 6. The molecule has 0 aromatic heterocycles. The Kier molecular flexibility index (Phi) is 6.72. The maximum absolute atomic E-state index is 12.0. The second-order valence-corrected chi connectivity index (χ2v) is 6.23. The van der Waals surface area contributed by atoms with Gasteiger partial charge in [-0.05, 0) is 61.1 Å². The predicted octanol–water partition coefficient (Wildman–Crippen LogP) is 3.43. The third-order valence-electron chi connectivity index (χ3n) is 4.24. The van der Waals surface area contributed by atoms with Crippen molar-refractivity contribution in [2.75, 3.05) is 7.11 Å². The smallest absolute Gasteiger partial charge is 0.200 e. The number of carbonyl (C=O) groups is 1. The minimum absolute atomic E-state index is 0.130. The third-order valence-corrected chi connectivity index (χ3v) is 4.24. The van der Waals surface area contributed by atoms with E-state index in [2.05, 4.69) is 0 Å². The molecule has 0 amide bonds. The summed E-state index contributed by atoms with van der Waals surface area (Å²) in [5.74, 6) is -0.520. The van der Waals surface area contributed by atoms with Crippen molar-refractivity contribution >= 4 is 5.78 Å². The molecule has 6 nitrogen and oxygen atoms in total. The fraction of sp³-hybridized carbons (Fsp3) is 0.350. The highest BCUT2D eigenvalue weighted by Crippen LogP contribution is 2.36. The van der Waals surface area contributed by atoms with Crippen LogP contribution in [0.3, 0.4) is 0 Å². The van der Waals surface area contributed by atoms with E-state index in [4.69, 9.17) is 4.74 Å². The van der Waals surface area contributed by atoms with Crippen molar-refractivity contribution in [2.45, 2.75) is 38.5 Å². The van der Waals surface area contributed by atoms with Crippen LogP contribution in [0.25, 0.3) is 0 Å². The van der Waals surface area contributed by atoms with E-state index in [1.54, 1.807) is 12.1 Å². The Morgan fingerprint density at radius 2 is 1.58 bits per heavy atom. The fourth-order valence-electron chi connectivity index (χ4n) is 2.73. The average molecular weight is 360 g/mol. The second-order valence-electron chi connectivity index (χ2n) is 6.23. The molecule has 0 aliphatic rings. The van der Waals surface area contributed by atoms with Crippen LogP contribution in [0.2, 0.25) is 0 Å². The van der Waals surface area contributed by atoms with Crippen molar-refractivity contribution in [1.82, 2.24) is 0 Å². The molecule has 26 heavy (non-hydrogen) atoms. The third kappa shape index (κ3) is 5.31. The molecule has 0 atom stereocenters. The van der Waals surface area contributed by atoms with E-state index in [1.807, 2.05) is 0 Å². The van der Waals surface area contributed by atoms with Crippen molar-refractivity contribution in [2.24, 2.45) is 0 Å². The number of carbonyl (C=O) groups excluding carboxylic acids is 1. The van der Waals surface area contributed by atoms with E-state index in [0.29, 0.717) is 19.3 Å². The van der Waals surface area contributed by atoms with Gasteiger partial charge in [0.25, 0.3) is 0 Å². The highest BCUT2D eigenvalue weighted by Gasteiger charge is 2.11. The van der Waals surface area contributed by atoms with Gasteiger partial charge in [-0.3, -0.25) is 4.79 Å². The van der Waals surface area contributed by atoms with Gasteiger partial charge in [-0.15, -0.1) is 0 Å². The molecule has 0 unspecified atom stereocenters. The van der Waals surface area contributed by atoms with Crippen molar-refractivity contribution in [3.63, 3.8) is 0 Å². The summed E-state index contributed by atoms with van der Waals surface area (Å²) in [6.45, 7) is 0. The van der Waals surface area contributed by atoms with Crippen LogP contribution in [0.4, 0.5) is 0 Å². The maximum atomic E-state index is 12.0. The molecular weight excluding hydrogens is 336 g/mol. The van der Waals surface area contributed by atoms with Gasteiger partial charge in [0.05, 0.1) is 7.11 Å². The summed E-state index contributed by atoms with van der Waals surface area (Å²) in [4.78, 5) is 12.0. The number of ether oxygens (including phenoxy) is 1. The highest BCUT2D eigenvalue weighted by atomic mass is 16.5. The quantitative estimate of drug-likeness (QED) is 0.403. The summed E-state index contributed by atoms with van der Waals surface area (Å²) in [6, 6.07) is 7.78. The Hall–Kier alpha value is -2.89. The number of aromatic hydroxyl groups is 4. The van der Waals surface area contributed by atoms with Gasteiger partial charge in [0, 0.05) is 12.8 Å². The standard InChI is InChI=1S/C20H24O6/c1-26-19-12-14(11-18(24)20(19)25)6-8-15(21)5-3-2-4-13-7-9-16(22)17(23)10-13/h7,9-12,22-25H,2-6,8H2,1H3. The number of ketones is 1. The van der Waals surface area contributed by atoms with E-state index < -0.39 is 0 Å². The molecule has 4 N–H and O–H groups in total. The number of phenols is 4.